The highest BCUT2D eigenvalue weighted by Gasteiger charge is 2.08. The minimum Gasteiger partial charge on any atom is -0.399 e. The Morgan fingerprint density at radius 1 is 1.53 bits per heavy atom. The first-order chi connectivity index (χ1) is 9.02. The SMILES string of the molecule is COCC(C)OCCC(=O)Nc1cc(N)ccc1F. The van der Waals surface area contributed by atoms with E-state index < -0.39 is 5.82 Å². The van der Waals surface area contributed by atoms with Gasteiger partial charge in [0.15, 0.2) is 0 Å². The molecule has 0 aromatic heterocycles. The Kier molecular flexibility index (Phi) is 6.24. The lowest BCUT2D eigenvalue weighted by Gasteiger charge is -2.12. The van der Waals surface area contributed by atoms with E-state index in [1.54, 1.807) is 7.11 Å². The van der Waals surface area contributed by atoms with Gasteiger partial charge in [-0.1, -0.05) is 0 Å². The van der Waals surface area contributed by atoms with Crippen LogP contribution in [0.4, 0.5) is 15.8 Å². The Bertz CT molecular complexity index is 426. The third-order valence-corrected chi connectivity index (χ3v) is 2.40. The summed E-state index contributed by atoms with van der Waals surface area (Å²) in [5, 5.41) is 2.45. The molecule has 0 aliphatic heterocycles. The zero-order valence-corrected chi connectivity index (χ0v) is 11.1. The van der Waals surface area contributed by atoms with Crippen LogP contribution in [0.5, 0.6) is 0 Å². The highest BCUT2D eigenvalue weighted by atomic mass is 19.1. The van der Waals surface area contributed by atoms with Crippen LogP contribution in [0.1, 0.15) is 13.3 Å². The van der Waals surface area contributed by atoms with Crippen molar-refractivity contribution in [1.29, 1.82) is 0 Å². The van der Waals surface area contributed by atoms with Crippen LogP contribution in [0, 0.1) is 5.82 Å². The largest absolute Gasteiger partial charge is 0.399 e. The molecule has 3 N–H and O–H groups in total. The molecule has 0 saturated heterocycles. The Morgan fingerprint density at radius 2 is 2.26 bits per heavy atom. The highest BCUT2D eigenvalue weighted by Crippen LogP contribution is 2.17. The predicted molar refractivity (Wildman–Crippen MR) is 71.3 cm³/mol. The normalized spacial score (nSPS) is 12.2. The first-order valence-electron chi connectivity index (χ1n) is 5.98. The van der Waals surface area contributed by atoms with Gasteiger partial charge in [0.2, 0.25) is 5.91 Å². The second kappa shape index (κ2) is 7.70. The molecule has 0 heterocycles. The average molecular weight is 270 g/mol. The van der Waals surface area contributed by atoms with Gasteiger partial charge in [-0.05, 0) is 25.1 Å². The van der Waals surface area contributed by atoms with Crippen LogP contribution < -0.4 is 11.1 Å². The molecule has 5 nitrogen and oxygen atoms in total. The van der Waals surface area contributed by atoms with Crippen LogP contribution in [-0.2, 0) is 14.3 Å². The Hall–Kier alpha value is -1.66. The fourth-order valence-corrected chi connectivity index (χ4v) is 1.49. The van der Waals surface area contributed by atoms with E-state index in [0.29, 0.717) is 12.3 Å². The van der Waals surface area contributed by atoms with E-state index >= 15 is 0 Å². The van der Waals surface area contributed by atoms with E-state index in [-0.39, 0.29) is 30.7 Å². The molecule has 1 unspecified atom stereocenters. The number of hydrogen-bond donors (Lipinski definition) is 2. The second-order valence-electron chi connectivity index (χ2n) is 4.17. The number of hydrogen-bond acceptors (Lipinski definition) is 4. The molecule has 0 radical (unpaired) electrons. The molecule has 0 fully saturated rings. The zero-order valence-electron chi connectivity index (χ0n) is 11.1. The van der Waals surface area contributed by atoms with Crippen molar-refractivity contribution in [3.63, 3.8) is 0 Å². The zero-order chi connectivity index (χ0) is 14.3. The summed E-state index contributed by atoms with van der Waals surface area (Å²) in [4.78, 5) is 11.6. The number of anilines is 2. The molecule has 0 saturated carbocycles. The maximum Gasteiger partial charge on any atom is 0.226 e. The fourth-order valence-electron chi connectivity index (χ4n) is 1.49. The topological polar surface area (TPSA) is 73.6 Å². The lowest BCUT2D eigenvalue weighted by atomic mass is 10.2. The highest BCUT2D eigenvalue weighted by molar-refractivity contribution is 5.91. The van der Waals surface area contributed by atoms with Crippen molar-refractivity contribution in [2.45, 2.75) is 19.4 Å². The summed E-state index contributed by atoms with van der Waals surface area (Å²) in [6.45, 7) is 2.56. The van der Waals surface area contributed by atoms with Crippen molar-refractivity contribution in [3.8, 4) is 0 Å². The molecule has 1 rings (SSSR count). The molecular weight excluding hydrogens is 251 g/mol. The summed E-state index contributed by atoms with van der Waals surface area (Å²) < 4.78 is 23.6. The molecule has 0 aliphatic carbocycles. The number of nitrogens with one attached hydrogen (secondary N) is 1. The van der Waals surface area contributed by atoms with E-state index in [4.69, 9.17) is 15.2 Å². The van der Waals surface area contributed by atoms with Gasteiger partial charge >= 0.3 is 0 Å². The first-order valence-corrected chi connectivity index (χ1v) is 5.98. The van der Waals surface area contributed by atoms with Crippen LogP contribution in [-0.4, -0.2) is 32.3 Å². The van der Waals surface area contributed by atoms with Crippen LogP contribution in [0.2, 0.25) is 0 Å². The standard InChI is InChI=1S/C13H19FN2O3/c1-9(8-18-2)19-6-5-13(17)16-12-7-10(15)3-4-11(12)14/h3-4,7,9H,5-6,8,15H2,1-2H3,(H,16,17). The number of halogens is 1. The summed E-state index contributed by atoms with van der Waals surface area (Å²) in [5.74, 6) is -0.842. The van der Waals surface area contributed by atoms with Gasteiger partial charge in [0.1, 0.15) is 5.82 Å². The molecule has 1 aromatic rings. The average Bonchev–Trinajstić information content (AvgIpc) is 2.34. The van der Waals surface area contributed by atoms with Gasteiger partial charge < -0.3 is 20.5 Å². The maximum atomic E-state index is 13.4. The Labute approximate surface area is 111 Å². The van der Waals surface area contributed by atoms with Crippen LogP contribution in [0.15, 0.2) is 18.2 Å². The number of ether oxygens (including phenoxy) is 2. The molecule has 1 amide bonds. The monoisotopic (exact) mass is 270 g/mol. The van der Waals surface area contributed by atoms with Gasteiger partial charge in [-0.2, -0.15) is 0 Å². The van der Waals surface area contributed by atoms with Gasteiger partial charge in [0.25, 0.3) is 0 Å². The van der Waals surface area contributed by atoms with Gasteiger partial charge in [0, 0.05) is 12.8 Å². The number of carbonyl (C=O) groups excluding carboxylic acids is 1. The number of amides is 1. The molecule has 19 heavy (non-hydrogen) atoms. The summed E-state index contributed by atoms with van der Waals surface area (Å²) in [5.41, 5.74) is 5.99. The van der Waals surface area contributed by atoms with Crippen molar-refractivity contribution in [1.82, 2.24) is 0 Å². The van der Waals surface area contributed by atoms with Crippen molar-refractivity contribution >= 4 is 17.3 Å². The number of nitrogen functional groups attached to an aromatic ring is 1. The summed E-state index contributed by atoms with van der Waals surface area (Å²) in [6.07, 6.45) is 0.0596. The molecule has 1 aromatic carbocycles. The van der Waals surface area contributed by atoms with E-state index in [1.165, 1.54) is 18.2 Å². The van der Waals surface area contributed by atoms with Crippen LogP contribution >= 0.6 is 0 Å². The minimum atomic E-state index is -0.517. The van der Waals surface area contributed by atoms with E-state index in [2.05, 4.69) is 5.32 Å². The van der Waals surface area contributed by atoms with E-state index in [1.807, 2.05) is 6.92 Å². The second-order valence-corrected chi connectivity index (χ2v) is 4.17. The van der Waals surface area contributed by atoms with Crippen LogP contribution in [0.25, 0.3) is 0 Å². The number of nitrogens with two attached hydrogens (primary N) is 1. The van der Waals surface area contributed by atoms with Gasteiger partial charge in [0.05, 0.1) is 31.4 Å². The van der Waals surface area contributed by atoms with E-state index in [9.17, 15) is 9.18 Å². The number of methoxy groups -OCH3 is 1. The van der Waals surface area contributed by atoms with Crippen molar-refractivity contribution in [2.75, 3.05) is 31.4 Å². The van der Waals surface area contributed by atoms with Crippen molar-refractivity contribution in [3.05, 3.63) is 24.0 Å². The first kappa shape index (κ1) is 15.4. The fraction of sp³-hybridized carbons (Fsp3) is 0.462. The molecule has 0 aliphatic rings. The number of benzene rings is 1. The molecular formula is C13H19FN2O3. The number of carbonyl (C=O) groups is 1. The maximum absolute atomic E-state index is 13.4. The number of rotatable bonds is 7. The molecule has 0 spiro atoms. The Morgan fingerprint density at radius 3 is 2.95 bits per heavy atom. The van der Waals surface area contributed by atoms with Gasteiger partial charge in [-0.15, -0.1) is 0 Å². The predicted octanol–water partition coefficient (Wildman–Crippen LogP) is 1.79. The van der Waals surface area contributed by atoms with Gasteiger partial charge in [-0.25, -0.2) is 4.39 Å². The summed E-state index contributed by atoms with van der Waals surface area (Å²) in [7, 11) is 1.58. The van der Waals surface area contributed by atoms with E-state index in [0.717, 1.165) is 0 Å². The summed E-state index contributed by atoms with van der Waals surface area (Å²) in [6, 6.07) is 4.02. The van der Waals surface area contributed by atoms with Crippen molar-refractivity contribution in [2.24, 2.45) is 0 Å². The molecule has 6 heteroatoms. The Balaban J connectivity index is 2.37. The smallest absolute Gasteiger partial charge is 0.226 e. The molecule has 1 atom stereocenters. The third kappa shape index (κ3) is 5.67. The lowest BCUT2D eigenvalue weighted by Crippen LogP contribution is -2.20. The molecule has 106 valence electrons. The summed E-state index contributed by atoms with van der Waals surface area (Å²) >= 11 is 0. The quantitative estimate of drug-likeness (QED) is 0.741. The minimum absolute atomic E-state index is 0.0786. The van der Waals surface area contributed by atoms with Gasteiger partial charge in [-0.3, -0.25) is 4.79 Å². The van der Waals surface area contributed by atoms with Crippen LogP contribution in [0.3, 0.4) is 0 Å². The molecule has 0 bridgehead atoms. The third-order valence-electron chi connectivity index (χ3n) is 2.40. The lowest BCUT2D eigenvalue weighted by molar-refractivity contribution is -0.117. The van der Waals surface area contributed by atoms with Crippen molar-refractivity contribution < 1.29 is 18.7 Å².